The van der Waals surface area contributed by atoms with Crippen LogP contribution in [0.5, 0.6) is 0 Å². The number of nitrogens with zero attached hydrogens (tertiary/aromatic N) is 3. The van der Waals surface area contributed by atoms with E-state index in [4.69, 9.17) is 38.0 Å². The summed E-state index contributed by atoms with van der Waals surface area (Å²) in [6, 6.07) is 17.7. The zero-order valence-corrected chi connectivity index (χ0v) is 19.2. The molecule has 0 aliphatic heterocycles. The normalized spacial score (nSPS) is 10.6. The average molecular weight is 620 g/mol. The van der Waals surface area contributed by atoms with Crippen LogP contribution in [0.4, 0.5) is 0 Å². The fourth-order valence-electron chi connectivity index (χ4n) is 2.80. The molecule has 151 valence electrons. The molecular formula is C19H16Cl3N3O2Pt-. The van der Waals surface area contributed by atoms with Gasteiger partial charge in [0.25, 0.3) is 6.47 Å². The summed E-state index contributed by atoms with van der Waals surface area (Å²) in [5.41, 5.74) is 3.55. The number of ether oxygens (including phenoxy) is 1. The van der Waals surface area contributed by atoms with Gasteiger partial charge in [-0.2, -0.15) is 0 Å². The van der Waals surface area contributed by atoms with E-state index in [-0.39, 0.29) is 14.2 Å². The molecule has 0 fully saturated rings. The van der Waals surface area contributed by atoms with Crippen molar-refractivity contribution in [3.05, 3.63) is 68.2 Å². The number of fused-ring (bicyclic) bond motifs is 2. The number of imidazole rings is 1. The van der Waals surface area contributed by atoms with Gasteiger partial charge in [0, 0.05) is 17.1 Å². The molecule has 0 saturated heterocycles. The molecule has 0 amide bonds. The molecule has 0 bridgehead atoms. The fourth-order valence-corrected chi connectivity index (χ4v) is 2.80. The fraction of sp³-hybridized carbons (Fsp3) is 0.0526. The molecule has 28 heavy (non-hydrogen) atoms. The Morgan fingerprint density at radius 3 is 2.50 bits per heavy atom. The summed E-state index contributed by atoms with van der Waals surface area (Å²) in [6.07, 6.45) is 1.76. The Hall–Kier alpha value is -1.65. The molecule has 2 heterocycles. The number of carbonyl (C=O) groups excluding carboxylic acids is 1. The first-order chi connectivity index (χ1) is 13.1. The molecule has 5 nitrogen and oxygen atoms in total. The number of halogens is 3. The van der Waals surface area contributed by atoms with Gasteiger partial charge in [0.05, 0.1) is 16.6 Å². The van der Waals surface area contributed by atoms with Gasteiger partial charge in [-0.15, -0.1) is 0 Å². The van der Waals surface area contributed by atoms with E-state index in [0.717, 1.165) is 33.3 Å². The third-order valence-corrected chi connectivity index (χ3v) is 3.80. The molecule has 9 heteroatoms. The molecule has 0 aliphatic carbocycles. The Balaban J connectivity index is 0.000000515. The van der Waals surface area contributed by atoms with Crippen LogP contribution in [0.15, 0.2) is 60.8 Å². The zero-order valence-electron chi connectivity index (χ0n) is 14.7. The van der Waals surface area contributed by atoms with Crippen LogP contribution in [0.2, 0.25) is 0 Å². The van der Waals surface area contributed by atoms with Crippen molar-refractivity contribution in [3.8, 4) is 11.4 Å². The molecule has 4 aromatic rings. The molecule has 0 unspecified atom stereocenters. The van der Waals surface area contributed by atoms with E-state index in [2.05, 4.69) is 4.98 Å². The van der Waals surface area contributed by atoms with Crippen molar-refractivity contribution in [2.24, 2.45) is 0 Å². The van der Waals surface area contributed by atoms with E-state index in [1.807, 2.05) is 59.2 Å². The standard InChI is InChI=1S/C18H13N3O2.CH3.3ClH.Pt/c22-12-23-11-21-16-9-2-1-8-15(16)20-18(21)14-7-3-5-13-6-4-10-19-17(13)14;;;;;/h1-10,12H,11H2;1H3;3*1H;/q;-1;;;;+3/p-3. The van der Waals surface area contributed by atoms with Gasteiger partial charge in [-0.05, 0) is 24.3 Å². The van der Waals surface area contributed by atoms with Crippen molar-refractivity contribution < 1.29 is 23.7 Å². The van der Waals surface area contributed by atoms with Gasteiger partial charge in [0.15, 0.2) is 6.73 Å². The summed E-state index contributed by atoms with van der Waals surface area (Å²) < 4.78 is 6.86. The molecule has 2 aromatic carbocycles. The summed E-state index contributed by atoms with van der Waals surface area (Å²) >= 11 is -1.85. The average Bonchev–Trinajstić information content (AvgIpc) is 3.04. The van der Waals surface area contributed by atoms with Crippen molar-refractivity contribution in [1.29, 1.82) is 0 Å². The Morgan fingerprint density at radius 1 is 1.04 bits per heavy atom. The number of benzene rings is 2. The Bertz CT molecular complexity index is 1060. The number of carbonyl (C=O) groups is 1. The van der Waals surface area contributed by atoms with E-state index in [1.165, 1.54) is 0 Å². The second-order valence-corrected chi connectivity index (χ2v) is 15.1. The third-order valence-electron chi connectivity index (χ3n) is 3.80. The minimum atomic E-state index is -1.85. The monoisotopic (exact) mass is 618 g/mol. The molecule has 4 rings (SSSR count). The van der Waals surface area contributed by atoms with Gasteiger partial charge >= 0.3 is 42.4 Å². The number of hydrogen-bond acceptors (Lipinski definition) is 4. The van der Waals surface area contributed by atoms with Gasteiger partial charge < -0.3 is 12.2 Å². The van der Waals surface area contributed by atoms with Crippen molar-refractivity contribution in [2.45, 2.75) is 6.73 Å². The van der Waals surface area contributed by atoms with Gasteiger partial charge in [-0.3, -0.25) is 14.3 Å². The maximum absolute atomic E-state index is 10.6. The predicted octanol–water partition coefficient (Wildman–Crippen LogP) is 5.90. The van der Waals surface area contributed by atoms with Crippen LogP contribution in [-0.4, -0.2) is 21.0 Å². The van der Waals surface area contributed by atoms with Gasteiger partial charge in [0.1, 0.15) is 5.82 Å². The summed E-state index contributed by atoms with van der Waals surface area (Å²) in [5.74, 6) is 0.734. The summed E-state index contributed by atoms with van der Waals surface area (Å²) in [4.78, 5) is 19.8. The van der Waals surface area contributed by atoms with Crippen LogP contribution in [0.25, 0.3) is 33.3 Å². The van der Waals surface area contributed by atoms with Crippen LogP contribution in [0, 0.1) is 7.43 Å². The van der Waals surface area contributed by atoms with Gasteiger partial charge in [-0.25, -0.2) is 4.98 Å². The first-order valence-electron chi connectivity index (χ1n) is 7.59. The van der Waals surface area contributed by atoms with Crippen molar-refractivity contribution >= 4 is 56.7 Å². The number of rotatable bonds is 4. The zero-order chi connectivity index (χ0) is 19.2. The Labute approximate surface area is 180 Å². The SMILES string of the molecule is O=COCn1c(-c2cccc3cccnc23)nc2ccccc21.[CH3-].[Cl][Pt]([Cl])[Cl]. The van der Waals surface area contributed by atoms with E-state index in [0.29, 0.717) is 6.47 Å². The molecule has 0 radical (unpaired) electrons. The summed E-state index contributed by atoms with van der Waals surface area (Å²) in [7, 11) is 14.9. The Kier molecular flexibility index (Phi) is 8.71. The minimum absolute atomic E-state index is 0. The Morgan fingerprint density at radius 2 is 1.75 bits per heavy atom. The molecular weight excluding hydrogens is 604 g/mol. The number of para-hydroxylation sites is 3. The van der Waals surface area contributed by atoms with Crippen LogP contribution >= 0.6 is 28.3 Å². The third kappa shape index (κ3) is 5.24. The van der Waals surface area contributed by atoms with Gasteiger partial charge in [0.2, 0.25) is 0 Å². The van der Waals surface area contributed by atoms with E-state index in [9.17, 15) is 4.79 Å². The number of hydrogen-bond donors (Lipinski definition) is 0. The summed E-state index contributed by atoms with van der Waals surface area (Å²) in [6.45, 7) is 0.558. The van der Waals surface area contributed by atoms with E-state index in [1.54, 1.807) is 6.20 Å². The van der Waals surface area contributed by atoms with Crippen LogP contribution in [0.3, 0.4) is 0 Å². The second kappa shape index (κ2) is 10.8. The molecule has 0 atom stereocenters. The molecule has 0 spiro atoms. The first-order valence-corrected chi connectivity index (χ1v) is 16.0. The quantitative estimate of drug-likeness (QED) is 0.211. The van der Waals surface area contributed by atoms with Crippen LogP contribution in [-0.2, 0) is 30.5 Å². The molecule has 0 aliphatic rings. The van der Waals surface area contributed by atoms with Gasteiger partial charge in [-0.1, -0.05) is 30.3 Å². The van der Waals surface area contributed by atoms with E-state index < -0.39 is 14.2 Å². The molecule has 0 N–H and O–H groups in total. The maximum atomic E-state index is 10.6. The number of aromatic nitrogens is 3. The van der Waals surface area contributed by atoms with Crippen molar-refractivity contribution in [2.75, 3.05) is 0 Å². The molecule has 2 aromatic heterocycles. The molecule has 0 saturated carbocycles. The van der Waals surface area contributed by atoms with Crippen molar-refractivity contribution in [3.63, 3.8) is 0 Å². The number of pyridine rings is 1. The van der Waals surface area contributed by atoms with E-state index >= 15 is 0 Å². The topological polar surface area (TPSA) is 57.0 Å². The predicted molar refractivity (Wildman–Crippen MR) is 112 cm³/mol. The van der Waals surface area contributed by atoms with Crippen LogP contribution < -0.4 is 0 Å². The second-order valence-electron chi connectivity index (χ2n) is 5.26. The van der Waals surface area contributed by atoms with Crippen LogP contribution in [0.1, 0.15) is 0 Å². The first kappa shape index (κ1) is 22.6. The van der Waals surface area contributed by atoms with Crippen molar-refractivity contribution in [1.82, 2.24) is 14.5 Å². The summed E-state index contributed by atoms with van der Waals surface area (Å²) in [5, 5.41) is 1.04.